The van der Waals surface area contributed by atoms with Crippen molar-refractivity contribution in [1.82, 2.24) is 10.2 Å². The van der Waals surface area contributed by atoms with Gasteiger partial charge in [0.05, 0.1) is 11.3 Å². The molecular weight excluding hydrogens is 354 g/mol. The molecular formula is C19H24ClN3O3. The fourth-order valence-corrected chi connectivity index (χ4v) is 4.55. The van der Waals surface area contributed by atoms with Crippen LogP contribution in [0.1, 0.15) is 37.0 Å². The van der Waals surface area contributed by atoms with Crippen LogP contribution >= 0.6 is 11.6 Å². The number of hydrogen-bond acceptors (Lipinski definition) is 4. The third-order valence-electron chi connectivity index (χ3n) is 5.77. The Hall–Kier alpha value is -1.79. The van der Waals surface area contributed by atoms with Crippen molar-refractivity contribution in [2.45, 2.75) is 38.8 Å². The molecule has 7 heteroatoms. The number of likely N-dealkylation sites (N-methyl/N-ethyl adjacent to an activating group) is 1. The van der Waals surface area contributed by atoms with Gasteiger partial charge in [-0.2, -0.15) is 0 Å². The van der Waals surface area contributed by atoms with Crippen LogP contribution in [0.2, 0.25) is 5.02 Å². The van der Waals surface area contributed by atoms with Crippen molar-refractivity contribution in [2.24, 2.45) is 5.92 Å². The van der Waals surface area contributed by atoms with Crippen LogP contribution in [0.5, 0.6) is 5.75 Å². The van der Waals surface area contributed by atoms with Crippen LogP contribution in [-0.2, 0) is 4.79 Å². The van der Waals surface area contributed by atoms with E-state index in [1.807, 2.05) is 6.92 Å². The lowest BCUT2D eigenvalue weighted by Crippen LogP contribution is -2.57. The van der Waals surface area contributed by atoms with Gasteiger partial charge in [-0.25, -0.2) is 0 Å². The van der Waals surface area contributed by atoms with Crippen LogP contribution in [0, 0.1) is 5.92 Å². The van der Waals surface area contributed by atoms with E-state index in [-0.39, 0.29) is 17.9 Å². The second-order valence-corrected chi connectivity index (χ2v) is 7.80. The minimum atomic E-state index is -0.619. The lowest BCUT2D eigenvalue weighted by atomic mass is 9.84. The smallest absolute Gasteiger partial charge is 0.267 e. The van der Waals surface area contributed by atoms with E-state index in [9.17, 15) is 9.59 Å². The van der Waals surface area contributed by atoms with Crippen LogP contribution in [-0.4, -0.2) is 55.0 Å². The summed E-state index contributed by atoms with van der Waals surface area (Å²) in [5.41, 5.74) is 0.976. The molecule has 5 rings (SSSR count). The Morgan fingerprint density at radius 3 is 2.69 bits per heavy atom. The van der Waals surface area contributed by atoms with Crippen LogP contribution in [0.15, 0.2) is 12.1 Å². The molecule has 3 saturated heterocycles. The predicted octanol–water partition coefficient (Wildman–Crippen LogP) is 2.30. The number of amides is 2. The topological polar surface area (TPSA) is 61.9 Å². The lowest BCUT2D eigenvalue weighted by molar-refractivity contribution is -0.125. The lowest BCUT2D eigenvalue weighted by Gasteiger charge is -2.45. The number of rotatable bonds is 3. The van der Waals surface area contributed by atoms with Crippen LogP contribution in [0.3, 0.4) is 0 Å². The monoisotopic (exact) mass is 377 g/mol. The first-order valence-electron chi connectivity index (χ1n) is 9.32. The van der Waals surface area contributed by atoms with Gasteiger partial charge in [0.2, 0.25) is 0 Å². The average Bonchev–Trinajstić information content (AvgIpc) is 2.64. The largest absolute Gasteiger partial charge is 0.478 e. The molecule has 4 heterocycles. The number of halogens is 1. The summed E-state index contributed by atoms with van der Waals surface area (Å²) in [5, 5.41) is 3.60. The van der Waals surface area contributed by atoms with Crippen LogP contribution in [0.4, 0.5) is 5.69 Å². The highest BCUT2D eigenvalue weighted by Gasteiger charge is 2.37. The molecule has 140 valence electrons. The standard InChI is InChI=1S/C19H24ClN3O3/c1-3-23-16-9-13(20)8-14(17(16)26-11(2)19(23)25)18(24)21-15-10-22-6-4-12(15)5-7-22/h8-9,11-12,15H,3-7,10H2,1-2H3,(H,21,24). The molecule has 0 aliphatic carbocycles. The van der Waals surface area contributed by atoms with E-state index in [1.165, 1.54) is 0 Å². The number of carbonyl (C=O) groups excluding carboxylic acids is 2. The highest BCUT2D eigenvalue weighted by molar-refractivity contribution is 6.31. The Morgan fingerprint density at radius 1 is 1.35 bits per heavy atom. The summed E-state index contributed by atoms with van der Waals surface area (Å²) in [7, 11) is 0. The van der Waals surface area contributed by atoms with Gasteiger partial charge < -0.3 is 19.9 Å². The van der Waals surface area contributed by atoms with Gasteiger partial charge in [0.15, 0.2) is 11.9 Å². The van der Waals surface area contributed by atoms with Gasteiger partial charge in [-0.15, -0.1) is 0 Å². The third kappa shape index (κ3) is 2.95. The maximum Gasteiger partial charge on any atom is 0.267 e. The fraction of sp³-hybridized carbons (Fsp3) is 0.579. The molecule has 0 spiro atoms. The van der Waals surface area contributed by atoms with Gasteiger partial charge in [0.25, 0.3) is 11.8 Å². The number of ether oxygens (including phenoxy) is 1. The quantitative estimate of drug-likeness (QED) is 0.878. The van der Waals surface area contributed by atoms with Gasteiger partial charge in [-0.3, -0.25) is 9.59 Å². The van der Waals surface area contributed by atoms with Crippen molar-refractivity contribution in [3.63, 3.8) is 0 Å². The van der Waals surface area contributed by atoms with Crippen molar-refractivity contribution in [1.29, 1.82) is 0 Å². The maximum absolute atomic E-state index is 13.0. The number of benzene rings is 1. The maximum atomic E-state index is 13.0. The van der Waals surface area contributed by atoms with Crippen molar-refractivity contribution in [3.05, 3.63) is 22.7 Å². The van der Waals surface area contributed by atoms with Gasteiger partial charge in [-0.1, -0.05) is 11.6 Å². The van der Waals surface area contributed by atoms with Gasteiger partial charge >= 0.3 is 0 Å². The summed E-state index contributed by atoms with van der Waals surface area (Å²) in [6.07, 6.45) is 1.64. The highest BCUT2D eigenvalue weighted by atomic mass is 35.5. The number of fused-ring (bicyclic) bond motifs is 4. The summed E-state index contributed by atoms with van der Waals surface area (Å²) in [5.74, 6) is 0.681. The minimum Gasteiger partial charge on any atom is -0.478 e. The van der Waals surface area contributed by atoms with E-state index in [1.54, 1.807) is 24.0 Å². The number of piperidine rings is 3. The summed E-state index contributed by atoms with van der Waals surface area (Å²) < 4.78 is 5.81. The Labute approximate surface area is 158 Å². The third-order valence-corrected chi connectivity index (χ3v) is 5.99. The summed E-state index contributed by atoms with van der Waals surface area (Å²) in [6, 6.07) is 3.48. The number of carbonyl (C=O) groups is 2. The molecule has 4 aliphatic heterocycles. The zero-order valence-electron chi connectivity index (χ0n) is 15.1. The van der Waals surface area contributed by atoms with Crippen LogP contribution < -0.4 is 15.0 Å². The summed E-state index contributed by atoms with van der Waals surface area (Å²) in [4.78, 5) is 29.4. The zero-order valence-corrected chi connectivity index (χ0v) is 15.9. The Bertz CT molecular complexity index is 746. The Morgan fingerprint density at radius 2 is 2.08 bits per heavy atom. The number of nitrogens with zero attached hydrogens (tertiary/aromatic N) is 2. The number of anilines is 1. The van der Waals surface area contributed by atoms with E-state index in [0.717, 1.165) is 32.5 Å². The molecule has 1 aromatic carbocycles. The van der Waals surface area contributed by atoms with E-state index in [2.05, 4.69) is 10.2 Å². The molecule has 6 nitrogen and oxygen atoms in total. The fourth-order valence-electron chi connectivity index (χ4n) is 4.34. The molecule has 0 radical (unpaired) electrons. The molecule has 1 aromatic rings. The van der Waals surface area contributed by atoms with Crippen molar-refractivity contribution in [2.75, 3.05) is 31.1 Å². The Kier molecular flexibility index (Phi) is 4.57. The number of hydrogen-bond donors (Lipinski definition) is 1. The minimum absolute atomic E-state index is 0.119. The second kappa shape index (κ2) is 6.74. The van der Waals surface area contributed by atoms with Crippen molar-refractivity contribution >= 4 is 29.1 Å². The molecule has 3 fully saturated rings. The first kappa shape index (κ1) is 17.6. The van der Waals surface area contributed by atoms with Gasteiger partial charge in [0.1, 0.15) is 0 Å². The molecule has 0 aromatic heterocycles. The molecule has 2 bridgehead atoms. The van der Waals surface area contributed by atoms with Gasteiger partial charge in [-0.05, 0) is 57.8 Å². The number of nitrogens with one attached hydrogen (secondary N) is 1. The zero-order chi connectivity index (χ0) is 18.4. The van der Waals surface area contributed by atoms with Crippen molar-refractivity contribution in [3.8, 4) is 5.75 Å². The molecule has 1 N–H and O–H groups in total. The summed E-state index contributed by atoms with van der Waals surface area (Å²) >= 11 is 6.26. The van der Waals surface area contributed by atoms with E-state index < -0.39 is 6.10 Å². The molecule has 2 amide bonds. The normalized spacial score (nSPS) is 30.0. The van der Waals surface area contributed by atoms with Gasteiger partial charge in [0, 0.05) is 24.2 Å². The van der Waals surface area contributed by atoms with E-state index >= 15 is 0 Å². The van der Waals surface area contributed by atoms with E-state index in [0.29, 0.717) is 34.5 Å². The molecule has 4 aliphatic rings. The molecule has 2 unspecified atom stereocenters. The first-order valence-corrected chi connectivity index (χ1v) is 9.70. The summed E-state index contributed by atoms with van der Waals surface area (Å²) in [6.45, 7) is 7.25. The average molecular weight is 378 g/mol. The van der Waals surface area contributed by atoms with Crippen LogP contribution in [0.25, 0.3) is 0 Å². The molecule has 0 saturated carbocycles. The second-order valence-electron chi connectivity index (χ2n) is 7.36. The molecule has 26 heavy (non-hydrogen) atoms. The Balaban J connectivity index is 1.64. The molecule has 2 atom stereocenters. The highest BCUT2D eigenvalue weighted by Crippen LogP contribution is 2.40. The van der Waals surface area contributed by atoms with Crippen molar-refractivity contribution < 1.29 is 14.3 Å². The first-order chi connectivity index (χ1) is 12.5. The SMILES string of the molecule is CCN1C(=O)C(C)Oc2c(C(=O)NC3CN4CCC3CC4)cc(Cl)cc21. The predicted molar refractivity (Wildman–Crippen MR) is 100.0 cm³/mol. The van der Waals surface area contributed by atoms with E-state index in [4.69, 9.17) is 16.3 Å².